The Balaban J connectivity index is 1.68. The van der Waals surface area contributed by atoms with Gasteiger partial charge in [-0.3, -0.25) is 5.43 Å². The average Bonchev–Trinajstić information content (AvgIpc) is 3.01. The van der Waals surface area contributed by atoms with Crippen molar-refractivity contribution in [3.63, 3.8) is 0 Å². The topological polar surface area (TPSA) is 65.9 Å². The number of hydrogen-bond donors (Lipinski definition) is 4. The Morgan fingerprint density at radius 1 is 1.17 bits per heavy atom. The van der Waals surface area contributed by atoms with Crippen molar-refractivity contribution in [3.05, 3.63) is 64.9 Å². The Morgan fingerprint density at radius 3 is 2.61 bits per heavy atom. The molecule has 2 heterocycles. The van der Waals surface area contributed by atoms with Crippen molar-refractivity contribution >= 4 is 50.2 Å². The summed E-state index contributed by atoms with van der Waals surface area (Å²) >= 11 is 7.42. The van der Waals surface area contributed by atoms with Gasteiger partial charge in [-0.05, 0) is 30.3 Å². The summed E-state index contributed by atoms with van der Waals surface area (Å²) in [5.74, 6) is -0.387. The van der Waals surface area contributed by atoms with E-state index in [0.29, 0.717) is 22.6 Å². The Morgan fingerprint density at radius 2 is 1.91 bits per heavy atom. The van der Waals surface area contributed by atoms with Gasteiger partial charge in [0.2, 0.25) is 0 Å². The molecule has 0 aliphatic rings. The number of aromatic nitrogens is 1. The number of fused-ring (bicyclic) bond motifs is 1. The molecular weight excluding hydrogens is 335 g/mol. The molecule has 0 unspecified atom stereocenters. The van der Waals surface area contributed by atoms with E-state index in [2.05, 4.69) is 29.0 Å². The summed E-state index contributed by atoms with van der Waals surface area (Å²) in [4.78, 5) is 4.21. The van der Waals surface area contributed by atoms with Crippen LogP contribution in [0.3, 0.4) is 0 Å². The lowest BCUT2D eigenvalue weighted by atomic mass is 10.1. The number of rotatable bonds is 5. The lowest BCUT2D eigenvalue weighted by Gasteiger charge is -2.15. The van der Waals surface area contributed by atoms with Crippen LogP contribution in [0.5, 0.6) is 0 Å². The molecule has 0 saturated carbocycles. The molecule has 0 spiro atoms. The fourth-order valence-electron chi connectivity index (χ4n) is 2.15. The van der Waals surface area contributed by atoms with Crippen LogP contribution in [0.25, 0.3) is 21.6 Å². The van der Waals surface area contributed by atoms with Crippen LogP contribution in [0.4, 0.5) is 10.1 Å². The summed E-state index contributed by atoms with van der Waals surface area (Å²) in [7, 11) is 0. The SMILES string of the molecule is C=C(NNC(=C)c1ccc(F)cc1N)c1cc2cc(Cl)sc2[nH]1. The maximum Gasteiger partial charge on any atom is 0.125 e. The number of hydrogen-bond acceptors (Lipinski definition) is 4. The van der Waals surface area contributed by atoms with Crippen molar-refractivity contribution in [2.24, 2.45) is 0 Å². The summed E-state index contributed by atoms with van der Waals surface area (Å²) in [6, 6.07) is 7.98. The summed E-state index contributed by atoms with van der Waals surface area (Å²) in [6.45, 7) is 7.84. The third-order valence-corrected chi connectivity index (χ3v) is 4.50. The van der Waals surface area contributed by atoms with Gasteiger partial charge in [0.25, 0.3) is 0 Å². The number of hydrazine groups is 1. The van der Waals surface area contributed by atoms with Crippen molar-refractivity contribution in [1.82, 2.24) is 15.8 Å². The Bertz CT molecular complexity index is 881. The van der Waals surface area contributed by atoms with Crippen molar-refractivity contribution < 1.29 is 4.39 Å². The zero-order valence-electron chi connectivity index (χ0n) is 12.0. The zero-order valence-corrected chi connectivity index (χ0v) is 13.6. The maximum absolute atomic E-state index is 13.1. The first-order valence-electron chi connectivity index (χ1n) is 6.67. The maximum atomic E-state index is 13.1. The highest BCUT2D eigenvalue weighted by Gasteiger charge is 2.09. The first-order valence-corrected chi connectivity index (χ1v) is 7.87. The third-order valence-electron chi connectivity index (χ3n) is 3.31. The molecule has 118 valence electrons. The second-order valence-electron chi connectivity index (χ2n) is 4.96. The number of aromatic amines is 1. The highest BCUT2D eigenvalue weighted by molar-refractivity contribution is 7.22. The van der Waals surface area contributed by atoms with Crippen LogP contribution in [-0.4, -0.2) is 4.98 Å². The highest BCUT2D eigenvalue weighted by Crippen LogP contribution is 2.30. The monoisotopic (exact) mass is 348 g/mol. The molecule has 23 heavy (non-hydrogen) atoms. The summed E-state index contributed by atoms with van der Waals surface area (Å²) in [6.07, 6.45) is 0. The lowest BCUT2D eigenvalue weighted by Crippen LogP contribution is -2.28. The summed E-state index contributed by atoms with van der Waals surface area (Å²) in [5, 5.41) is 1.03. The second kappa shape index (κ2) is 5.98. The van der Waals surface area contributed by atoms with E-state index >= 15 is 0 Å². The van der Waals surface area contributed by atoms with Crippen LogP contribution in [0, 0.1) is 5.82 Å². The second-order valence-corrected chi connectivity index (χ2v) is 6.64. The number of anilines is 1. The van der Waals surface area contributed by atoms with Gasteiger partial charge in [-0.25, -0.2) is 4.39 Å². The van der Waals surface area contributed by atoms with E-state index in [0.717, 1.165) is 20.2 Å². The zero-order chi connectivity index (χ0) is 16.6. The molecule has 7 heteroatoms. The minimum absolute atomic E-state index is 0.310. The Labute approximate surface area is 141 Å². The molecule has 0 radical (unpaired) electrons. The minimum Gasteiger partial charge on any atom is -0.398 e. The summed E-state index contributed by atoms with van der Waals surface area (Å²) < 4.78 is 13.8. The fourth-order valence-corrected chi connectivity index (χ4v) is 3.28. The fraction of sp³-hybridized carbons (Fsp3) is 0. The van der Waals surface area contributed by atoms with Crippen molar-refractivity contribution in [1.29, 1.82) is 0 Å². The average molecular weight is 349 g/mol. The predicted octanol–water partition coefficient (Wildman–Crippen LogP) is 4.34. The highest BCUT2D eigenvalue weighted by atomic mass is 35.5. The summed E-state index contributed by atoms with van der Waals surface area (Å²) in [5.41, 5.74) is 14.6. The van der Waals surface area contributed by atoms with Crippen LogP contribution in [0.15, 0.2) is 43.5 Å². The largest absolute Gasteiger partial charge is 0.398 e. The van der Waals surface area contributed by atoms with E-state index in [1.807, 2.05) is 12.1 Å². The van der Waals surface area contributed by atoms with Gasteiger partial charge in [-0.2, -0.15) is 0 Å². The molecule has 3 aromatic rings. The van der Waals surface area contributed by atoms with Gasteiger partial charge in [-0.15, -0.1) is 11.3 Å². The van der Waals surface area contributed by atoms with Gasteiger partial charge in [0, 0.05) is 16.6 Å². The van der Waals surface area contributed by atoms with Crippen LogP contribution in [0.2, 0.25) is 4.34 Å². The molecule has 0 aliphatic heterocycles. The van der Waals surface area contributed by atoms with Crippen LogP contribution in [0.1, 0.15) is 11.3 Å². The molecule has 0 amide bonds. The molecule has 3 rings (SSSR count). The van der Waals surface area contributed by atoms with E-state index in [9.17, 15) is 4.39 Å². The predicted molar refractivity (Wildman–Crippen MR) is 96.3 cm³/mol. The molecule has 5 N–H and O–H groups in total. The molecule has 0 aliphatic carbocycles. The molecular formula is C16H14ClFN4S. The number of nitrogens with one attached hydrogen (secondary N) is 3. The molecule has 0 fully saturated rings. The van der Waals surface area contributed by atoms with Gasteiger partial charge >= 0.3 is 0 Å². The van der Waals surface area contributed by atoms with Crippen molar-refractivity contribution in [3.8, 4) is 0 Å². The van der Waals surface area contributed by atoms with Crippen LogP contribution >= 0.6 is 22.9 Å². The Kier molecular flexibility index (Phi) is 4.02. The third kappa shape index (κ3) is 3.18. The van der Waals surface area contributed by atoms with E-state index in [1.54, 1.807) is 6.07 Å². The van der Waals surface area contributed by atoms with Crippen LogP contribution in [-0.2, 0) is 0 Å². The van der Waals surface area contributed by atoms with Crippen molar-refractivity contribution in [2.45, 2.75) is 0 Å². The van der Waals surface area contributed by atoms with Gasteiger partial charge in [0.05, 0.1) is 21.4 Å². The first kappa shape index (κ1) is 15.5. The molecule has 0 saturated heterocycles. The lowest BCUT2D eigenvalue weighted by molar-refractivity contribution is 0.628. The molecule has 4 nitrogen and oxygen atoms in total. The van der Waals surface area contributed by atoms with E-state index in [-0.39, 0.29) is 5.82 Å². The Hall–Kier alpha value is -2.44. The van der Waals surface area contributed by atoms with Gasteiger partial charge < -0.3 is 16.1 Å². The van der Waals surface area contributed by atoms with Gasteiger partial charge in [0.1, 0.15) is 10.6 Å². The number of halogens is 2. The number of nitrogens with two attached hydrogens (primary N) is 1. The van der Waals surface area contributed by atoms with E-state index in [1.165, 1.54) is 23.5 Å². The van der Waals surface area contributed by atoms with Gasteiger partial charge in [-0.1, -0.05) is 24.8 Å². The normalized spacial score (nSPS) is 10.7. The minimum atomic E-state index is -0.387. The molecule has 1 aromatic carbocycles. The van der Waals surface area contributed by atoms with Crippen molar-refractivity contribution in [2.75, 3.05) is 5.73 Å². The standard InChI is InChI=1S/C16H14ClFN4S/c1-8(12-4-3-11(18)7-13(12)19)21-22-9(2)14-5-10-6-15(17)23-16(10)20-14/h3-7,20-22H,1-2,19H2. The number of nitrogen functional groups attached to an aromatic ring is 1. The van der Waals surface area contributed by atoms with E-state index in [4.69, 9.17) is 17.3 Å². The number of thiophene rings is 1. The van der Waals surface area contributed by atoms with Crippen LogP contribution < -0.4 is 16.6 Å². The molecule has 0 atom stereocenters. The molecule has 2 aromatic heterocycles. The molecule has 0 bridgehead atoms. The quantitative estimate of drug-likeness (QED) is 0.409. The first-order chi connectivity index (χ1) is 10.9. The number of H-pyrrole nitrogens is 1. The smallest absolute Gasteiger partial charge is 0.125 e. The number of benzene rings is 1. The van der Waals surface area contributed by atoms with E-state index < -0.39 is 0 Å². The van der Waals surface area contributed by atoms with Gasteiger partial charge in [0.15, 0.2) is 0 Å².